The summed E-state index contributed by atoms with van der Waals surface area (Å²) in [6.45, 7) is 0. The standard InChI is InChI=1S/C14H13NOS/c1-15-14(12-6-4-8-16-12)11-9-17-13-7-3-2-5-10(11)13/h2-9,14-15H,1H3. The van der Waals surface area contributed by atoms with Crippen LogP contribution >= 0.6 is 11.3 Å². The molecule has 1 atom stereocenters. The number of fused-ring (bicyclic) bond motifs is 1. The first-order chi connectivity index (χ1) is 8.40. The molecule has 0 radical (unpaired) electrons. The van der Waals surface area contributed by atoms with Gasteiger partial charge in [0.15, 0.2) is 0 Å². The molecule has 0 spiro atoms. The van der Waals surface area contributed by atoms with Crippen LogP contribution in [0.2, 0.25) is 0 Å². The van der Waals surface area contributed by atoms with E-state index in [0.717, 1.165) is 5.76 Å². The number of nitrogens with one attached hydrogen (secondary N) is 1. The van der Waals surface area contributed by atoms with Gasteiger partial charge in [-0.25, -0.2) is 0 Å². The van der Waals surface area contributed by atoms with Gasteiger partial charge in [0.1, 0.15) is 5.76 Å². The average molecular weight is 243 g/mol. The van der Waals surface area contributed by atoms with Crippen molar-refractivity contribution in [3.05, 3.63) is 59.4 Å². The van der Waals surface area contributed by atoms with Crippen LogP contribution in [0.1, 0.15) is 17.4 Å². The van der Waals surface area contributed by atoms with Crippen molar-refractivity contribution in [2.75, 3.05) is 7.05 Å². The Morgan fingerprint density at radius 1 is 1.18 bits per heavy atom. The summed E-state index contributed by atoms with van der Waals surface area (Å²) in [7, 11) is 1.96. The summed E-state index contributed by atoms with van der Waals surface area (Å²) in [5.41, 5.74) is 1.28. The number of furan rings is 1. The second kappa shape index (κ2) is 4.35. The van der Waals surface area contributed by atoms with Crippen molar-refractivity contribution in [3.8, 4) is 0 Å². The van der Waals surface area contributed by atoms with Crippen molar-refractivity contribution >= 4 is 21.4 Å². The van der Waals surface area contributed by atoms with Crippen LogP contribution in [-0.4, -0.2) is 7.05 Å². The number of thiophene rings is 1. The molecule has 3 rings (SSSR count). The molecule has 17 heavy (non-hydrogen) atoms. The Labute approximate surface area is 104 Å². The highest BCUT2D eigenvalue weighted by Gasteiger charge is 2.18. The lowest BCUT2D eigenvalue weighted by molar-refractivity contribution is 0.465. The van der Waals surface area contributed by atoms with Gasteiger partial charge in [-0.3, -0.25) is 0 Å². The second-order valence-electron chi connectivity index (χ2n) is 3.92. The summed E-state index contributed by atoms with van der Waals surface area (Å²) < 4.78 is 6.82. The van der Waals surface area contributed by atoms with Gasteiger partial charge in [0, 0.05) is 4.70 Å². The maximum absolute atomic E-state index is 5.50. The lowest BCUT2D eigenvalue weighted by Crippen LogP contribution is -2.16. The van der Waals surface area contributed by atoms with Crippen molar-refractivity contribution in [2.45, 2.75) is 6.04 Å². The Morgan fingerprint density at radius 3 is 2.82 bits per heavy atom. The third-order valence-electron chi connectivity index (χ3n) is 2.94. The largest absolute Gasteiger partial charge is 0.467 e. The molecule has 0 aliphatic carbocycles. The quantitative estimate of drug-likeness (QED) is 0.757. The molecule has 0 saturated heterocycles. The predicted molar refractivity (Wildman–Crippen MR) is 71.4 cm³/mol. The molecule has 3 heteroatoms. The molecule has 1 unspecified atom stereocenters. The maximum atomic E-state index is 5.50. The average Bonchev–Trinajstić information content (AvgIpc) is 3.01. The molecule has 1 N–H and O–H groups in total. The van der Waals surface area contributed by atoms with Crippen LogP contribution in [0.3, 0.4) is 0 Å². The first-order valence-electron chi connectivity index (χ1n) is 5.57. The van der Waals surface area contributed by atoms with Crippen molar-refractivity contribution in [1.82, 2.24) is 5.32 Å². The number of rotatable bonds is 3. The van der Waals surface area contributed by atoms with E-state index < -0.39 is 0 Å². The van der Waals surface area contributed by atoms with E-state index in [4.69, 9.17) is 4.42 Å². The summed E-state index contributed by atoms with van der Waals surface area (Å²) in [6, 6.07) is 12.5. The topological polar surface area (TPSA) is 25.2 Å². The molecule has 0 amide bonds. The van der Waals surface area contributed by atoms with Gasteiger partial charge in [-0.15, -0.1) is 11.3 Å². The molecule has 2 nitrogen and oxygen atoms in total. The van der Waals surface area contributed by atoms with E-state index in [-0.39, 0.29) is 6.04 Å². The molecule has 2 heterocycles. The van der Waals surface area contributed by atoms with E-state index in [2.05, 4.69) is 35.0 Å². The van der Waals surface area contributed by atoms with Crippen molar-refractivity contribution in [3.63, 3.8) is 0 Å². The van der Waals surface area contributed by atoms with Crippen molar-refractivity contribution in [2.24, 2.45) is 0 Å². The molecule has 3 aromatic rings. The van der Waals surface area contributed by atoms with Crippen LogP contribution in [-0.2, 0) is 0 Å². The fourth-order valence-corrected chi connectivity index (χ4v) is 3.12. The van der Waals surface area contributed by atoms with Crippen molar-refractivity contribution < 1.29 is 4.42 Å². The van der Waals surface area contributed by atoms with Crippen molar-refractivity contribution in [1.29, 1.82) is 0 Å². The van der Waals surface area contributed by atoms with Gasteiger partial charge < -0.3 is 9.73 Å². The van der Waals surface area contributed by atoms with Gasteiger partial charge in [0.25, 0.3) is 0 Å². The maximum Gasteiger partial charge on any atom is 0.125 e. The van der Waals surface area contributed by atoms with Crippen LogP contribution < -0.4 is 5.32 Å². The monoisotopic (exact) mass is 243 g/mol. The zero-order valence-electron chi connectivity index (χ0n) is 9.51. The highest BCUT2D eigenvalue weighted by Crippen LogP contribution is 2.33. The fourth-order valence-electron chi connectivity index (χ4n) is 2.13. The van der Waals surface area contributed by atoms with Gasteiger partial charge in [0.2, 0.25) is 0 Å². The van der Waals surface area contributed by atoms with Gasteiger partial charge in [0.05, 0.1) is 12.3 Å². The smallest absolute Gasteiger partial charge is 0.125 e. The normalized spacial score (nSPS) is 13.0. The zero-order chi connectivity index (χ0) is 11.7. The summed E-state index contributed by atoms with van der Waals surface area (Å²) in [5, 5.41) is 6.81. The number of hydrogen-bond acceptors (Lipinski definition) is 3. The summed E-state index contributed by atoms with van der Waals surface area (Å²) in [6.07, 6.45) is 1.72. The molecule has 1 aromatic carbocycles. The van der Waals surface area contributed by atoms with E-state index in [1.807, 2.05) is 19.2 Å². The summed E-state index contributed by atoms with van der Waals surface area (Å²) in [4.78, 5) is 0. The van der Waals surface area contributed by atoms with Crippen LogP contribution in [0.15, 0.2) is 52.5 Å². The molecule has 0 aliphatic heterocycles. The molecule has 2 aromatic heterocycles. The minimum Gasteiger partial charge on any atom is -0.467 e. The zero-order valence-corrected chi connectivity index (χ0v) is 10.3. The molecular weight excluding hydrogens is 230 g/mol. The third kappa shape index (κ3) is 1.77. The molecular formula is C14H13NOS. The first kappa shape index (κ1) is 10.6. The van der Waals surface area contributed by atoms with Gasteiger partial charge in [-0.1, -0.05) is 18.2 Å². The lowest BCUT2D eigenvalue weighted by atomic mass is 10.0. The van der Waals surface area contributed by atoms with E-state index in [1.165, 1.54) is 15.6 Å². The van der Waals surface area contributed by atoms with Gasteiger partial charge in [-0.05, 0) is 41.6 Å². The minimum absolute atomic E-state index is 0.126. The third-order valence-corrected chi connectivity index (χ3v) is 3.92. The summed E-state index contributed by atoms with van der Waals surface area (Å²) in [5.74, 6) is 0.955. The molecule has 0 bridgehead atoms. The van der Waals surface area contributed by atoms with E-state index >= 15 is 0 Å². The fraction of sp³-hybridized carbons (Fsp3) is 0.143. The van der Waals surface area contributed by atoms with Crippen LogP contribution in [0, 0.1) is 0 Å². The lowest BCUT2D eigenvalue weighted by Gasteiger charge is -2.12. The Bertz CT molecular complexity index is 612. The first-order valence-corrected chi connectivity index (χ1v) is 6.45. The Kier molecular flexibility index (Phi) is 2.71. The molecule has 0 fully saturated rings. The highest BCUT2D eigenvalue weighted by molar-refractivity contribution is 7.17. The molecule has 0 saturated carbocycles. The number of benzene rings is 1. The number of hydrogen-bond donors (Lipinski definition) is 1. The van der Waals surface area contributed by atoms with Crippen LogP contribution in [0.5, 0.6) is 0 Å². The predicted octanol–water partition coefficient (Wildman–Crippen LogP) is 3.80. The Balaban J connectivity index is 2.13. The molecule has 86 valence electrons. The Hall–Kier alpha value is -1.58. The highest BCUT2D eigenvalue weighted by atomic mass is 32.1. The van der Waals surface area contributed by atoms with E-state index in [0.29, 0.717) is 0 Å². The SMILES string of the molecule is CNC(c1ccco1)c1csc2ccccc12. The van der Waals surface area contributed by atoms with Gasteiger partial charge in [-0.2, -0.15) is 0 Å². The minimum atomic E-state index is 0.126. The van der Waals surface area contributed by atoms with Gasteiger partial charge >= 0.3 is 0 Å². The Morgan fingerprint density at radius 2 is 2.06 bits per heavy atom. The van der Waals surface area contributed by atoms with Crippen LogP contribution in [0.4, 0.5) is 0 Å². The summed E-state index contributed by atoms with van der Waals surface area (Å²) >= 11 is 1.77. The second-order valence-corrected chi connectivity index (χ2v) is 4.84. The molecule has 0 aliphatic rings. The van der Waals surface area contributed by atoms with Crippen LogP contribution in [0.25, 0.3) is 10.1 Å². The van der Waals surface area contributed by atoms with E-state index in [9.17, 15) is 0 Å². The van der Waals surface area contributed by atoms with E-state index in [1.54, 1.807) is 17.6 Å².